The van der Waals surface area contributed by atoms with E-state index in [1.807, 2.05) is 5.51 Å². The summed E-state index contributed by atoms with van der Waals surface area (Å²) in [6.45, 7) is 5.25. The number of benzene rings is 1. The molecule has 2 N–H and O–H groups in total. The molecule has 0 radical (unpaired) electrons. The van der Waals surface area contributed by atoms with E-state index in [9.17, 15) is 0 Å². The molecule has 0 aliphatic heterocycles. The predicted molar refractivity (Wildman–Crippen MR) is 85.1 cm³/mol. The number of rotatable bonds is 6. The van der Waals surface area contributed by atoms with Crippen LogP contribution in [0.4, 0.5) is 11.4 Å². The molecule has 5 heteroatoms. The molecule has 0 atom stereocenters. The van der Waals surface area contributed by atoms with Crippen LogP contribution < -0.4 is 10.6 Å². The highest BCUT2D eigenvalue weighted by atomic mass is 32.1. The Kier molecular flexibility index (Phi) is 4.61. The first-order valence-electron chi connectivity index (χ1n) is 6.64. The van der Waals surface area contributed by atoms with Gasteiger partial charge in [0.25, 0.3) is 0 Å². The van der Waals surface area contributed by atoms with Crippen molar-refractivity contribution in [3.8, 4) is 0 Å². The summed E-state index contributed by atoms with van der Waals surface area (Å²) < 4.78 is 1.16. The molecule has 2 rings (SSSR count). The van der Waals surface area contributed by atoms with Crippen LogP contribution in [0.25, 0.3) is 10.2 Å². The largest absolute Gasteiger partial charge is 0.395 e. The van der Waals surface area contributed by atoms with E-state index < -0.39 is 0 Å². The third-order valence-corrected chi connectivity index (χ3v) is 4.07. The average molecular weight is 278 g/mol. The second-order valence-electron chi connectivity index (χ2n) is 4.93. The smallest absolute Gasteiger partial charge is 0.106 e. The molecule has 0 saturated carbocycles. The van der Waals surface area contributed by atoms with E-state index >= 15 is 0 Å². The van der Waals surface area contributed by atoms with Crippen molar-refractivity contribution >= 4 is 32.9 Å². The van der Waals surface area contributed by atoms with Crippen LogP contribution >= 0.6 is 11.3 Å². The maximum Gasteiger partial charge on any atom is 0.106 e. The lowest BCUT2D eigenvalue weighted by molar-refractivity contribution is 0.400. The molecule has 0 aliphatic carbocycles. The molecule has 4 nitrogen and oxygen atoms in total. The molecule has 0 bridgehead atoms. The molecule has 19 heavy (non-hydrogen) atoms. The first-order chi connectivity index (χ1) is 9.13. The van der Waals surface area contributed by atoms with Crippen molar-refractivity contribution in [2.75, 3.05) is 44.4 Å². The predicted octanol–water partition coefficient (Wildman–Crippen LogP) is 2.66. The maximum absolute atomic E-state index is 6.26. The normalized spacial score (nSPS) is 11.4. The molecule has 104 valence electrons. The summed E-state index contributed by atoms with van der Waals surface area (Å²) in [6, 6.07) is 4.24. The van der Waals surface area contributed by atoms with Gasteiger partial charge in [0, 0.05) is 13.1 Å². The number of nitrogen functional groups attached to an aromatic ring is 1. The first kappa shape index (κ1) is 14.1. The molecule has 0 spiro atoms. The van der Waals surface area contributed by atoms with Crippen LogP contribution in [0.1, 0.15) is 13.3 Å². The summed E-state index contributed by atoms with van der Waals surface area (Å²) in [5, 5.41) is 0. The molecule has 0 saturated heterocycles. The van der Waals surface area contributed by atoms with Crippen LogP contribution in [-0.2, 0) is 0 Å². The molecule has 2 aromatic rings. The lowest BCUT2D eigenvalue weighted by atomic mass is 10.2. The van der Waals surface area contributed by atoms with Crippen LogP contribution in [0.15, 0.2) is 17.6 Å². The summed E-state index contributed by atoms with van der Waals surface area (Å²) in [4.78, 5) is 8.90. The lowest BCUT2D eigenvalue weighted by Gasteiger charge is -2.25. The number of thiazole rings is 1. The fourth-order valence-electron chi connectivity index (χ4n) is 2.24. The van der Waals surface area contributed by atoms with Crippen molar-refractivity contribution in [3.63, 3.8) is 0 Å². The van der Waals surface area contributed by atoms with Gasteiger partial charge in [0.05, 0.1) is 21.6 Å². The third-order valence-electron chi connectivity index (χ3n) is 3.27. The second kappa shape index (κ2) is 6.21. The topological polar surface area (TPSA) is 45.4 Å². The van der Waals surface area contributed by atoms with Gasteiger partial charge >= 0.3 is 0 Å². The van der Waals surface area contributed by atoms with Crippen LogP contribution in [0, 0.1) is 0 Å². The summed E-state index contributed by atoms with van der Waals surface area (Å²) in [6.07, 6.45) is 1.13. The Hall–Kier alpha value is -1.33. The van der Waals surface area contributed by atoms with Crippen molar-refractivity contribution in [1.29, 1.82) is 0 Å². The van der Waals surface area contributed by atoms with Crippen LogP contribution in [-0.4, -0.2) is 43.6 Å². The number of hydrogen-bond donors (Lipinski definition) is 1. The maximum atomic E-state index is 6.26. The minimum Gasteiger partial charge on any atom is -0.395 e. The molecule has 0 amide bonds. The Balaban J connectivity index is 2.17. The monoisotopic (exact) mass is 278 g/mol. The molecule has 1 aromatic carbocycles. The SMILES string of the molecule is CCN(CCCN(C)C)c1ccc2scnc2c1N. The van der Waals surface area contributed by atoms with E-state index in [1.165, 1.54) is 0 Å². The summed E-state index contributed by atoms with van der Waals surface area (Å²) in [5.74, 6) is 0. The van der Waals surface area contributed by atoms with E-state index in [1.54, 1.807) is 11.3 Å². The Morgan fingerprint density at radius 1 is 1.26 bits per heavy atom. The highest BCUT2D eigenvalue weighted by Crippen LogP contribution is 2.32. The van der Waals surface area contributed by atoms with Gasteiger partial charge in [-0.1, -0.05) is 0 Å². The molecule has 1 aromatic heterocycles. The molecule has 1 heterocycles. The van der Waals surface area contributed by atoms with Crippen LogP contribution in [0.5, 0.6) is 0 Å². The van der Waals surface area contributed by atoms with Crippen LogP contribution in [0.3, 0.4) is 0 Å². The molecule has 0 fully saturated rings. The van der Waals surface area contributed by atoms with E-state index in [0.29, 0.717) is 0 Å². The first-order valence-corrected chi connectivity index (χ1v) is 7.52. The average Bonchev–Trinajstić information content (AvgIpc) is 2.85. The Bertz CT molecular complexity index is 535. The van der Waals surface area contributed by atoms with Gasteiger partial charge in [-0.05, 0) is 46.1 Å². The quantitative estimate of drug-likeness (QED) is 0.825. The van der Waals surface area contributed by atoms with E-state index in [-0.39, 0.29) is 0 Å². The summed E-state index contributed by atoms with van der Waals surface area (Å²) in [7, 11) is 4.21. The molecule has 0 aliphatic rings. The van der Waals surface area contributed by atoms with Gasteiger partial charge in [0.15, 0.2) is 0 Å². The van der Waals surface area contributed by atoms with E-state index in [4.69, 9.17) is 5.73 Å². The number of nitrogens with zero attached hydrogens (tertiary/aromatic N) is 3. The van der Waals surface area contributed by atoms with E-state index in [2.05, 4.69) is 47.9 Å². The van der Waals surface area contributed by atoms with Crippen molar-refractivity contribution in [2.24, 2.45) is 0 Å². The zero-order chi connectivity index (χ0) is 13.8. The fourth-order valence-corrected chi connectivity index (χ4v) is 2.94. The molecular formula is C14H22N4S. The van der Waals surface area contributed by atoms with Gasteiger partial charge in [0.2, 0.25) is 0 Å². The number of fused-ring (bicyclic) bond motifs is 1. The number of hydrogen-bond acceptors (Lipinski definition) is 5. The zero-order valence-electron chi connectivity index (χ0n) is 11.9. The van der Waals surface area contributed by atoms with Crippen LogP contribution in [0.2, 0.25) is 0 Å². The van der Waals surface area contributed by atoms with Crippen molar-refractivity contribution in [3.05, 3.63) is 17.6 Å². The van der Waals surface area contributed by atoms with E-state index in [0.717, 1.165) is 47.6 Å². The number of aromatic nitrogens is 1. The standard InChI is InChI=1S/C14H22N4S/c1-4-18(9-5-8-17(2)3)11-6-7-12-14(13(11)15)16-10-19-12/h6-7,10H,4-5,8-9,15H2,1-3H3. The Labute approximate surface area is 118 Å². The molecular weight excluding hydrogens is 256 g/mol. The van der Waals surface area contributed by atoms with Gasteiger partial charge in [-0.25, -0.2) is 4.98 Å². The van der Waals surface area contributed by atoms with Gasteiger partial charge < -0.3 is 15.5 Å². The number of anilines is 2. The second-order valence-corrected chi connectivity index (χ2v) is 5.82. The molecule has 0 unspecified atom stereocenters. The zero-order valence-corrected chi connectivity index (χ0v) is 12.7. The fraction of sp³-hybridized carbons (Fsp3) is 0.500. The minimum atomic E-state index is 0.811. The summed E-state index contributed by atoms with van der Waals surface area (Å²) in [5.41, 5.74) is 11.0. The lowest BCUT2D eigenvalue weighted by Crippen LogP contribution is -2.27. The summed E-state index contributed by atoms with van der Waals surface area (Å²) >= 11 is 1.63. The van der Waals surface area contributed by atoms with Gasteiger partial charge in [-0.15, -0.1) is 11.3 Å². The van der Waals surface area contributed by atoms with Crippen molar-refractivity contribution < 1.29 is 0 Å². The Morgan fingerprint density at radius 3 is 2.74 bits per heavy atom. The number of nitrogens with two attached hydrogens (primary N) is 1. The van der Waals surface area contributed by atoms with Crippen molar-refractivity contribution in [1.82, 2.24) is 9.88 Å². The van der Waals surface area contributed by atoms with Gasteiger partial charge in [-0.2, -0.15) is 0 Å². The highest BCUT2D eigenvalue weighted by molar-refractivity contribution is 7.16. The van der Waals surface area contributed by atoms with Crippen molar-refractivity contribution in [2.45, 2.75) is 13.3 Å². The Morgan fingerprint density at radius 2 is 2.05 bits per heavy atom. The van der Waals surface area contributed by atoms with Gasteiger partial charge in [-0.3, -0.25) is 0 Å². The third kappa shape index (κ3) is 3.16. The van der Waals surface area contributed by atoms with Gasteiger partial charge in [0.1, 0.15) is 5.52 Å². The minimum absolute atomic E-state index is 0.811. The highest BCUT2D eigenvalue weighted by Gasteiger charge is 2.12.